The highest BCUT2D eigenvalue weighted by Gasteiger charge is 2.27. The second kappa shape index (κ2) is 7.72. The highest BCUT2D eigenvalue weighted by Crippen LogP contribution is 2.33. The summed E-state index contributed by atoms with van der Waals surface area (Å²) in [5, 5.41) is 0. The Balaban J connectivity index is 1.72. The number of fused-ring (bicyclic) bond motifs is 1. The summed E-state index contributed by atoms with van der Waals surface area (Å²) >= 11 is 0. The van der Waals surface area contributed by atoms with Gasteiger partial charge in [0.25, 0.3) is 0 Å². The minimum Gasteiger partial charge on any atom is -0.485 e. The molecule has 1 aliphatic rings. The van der Waals surface area contributed by atoms with Crippen molar-refractivity contribution in [2.75, 3.05) is 36.5 Å². The molecule has 27 heavy (non-hydrogen) atoms. The SMILES string of the molecule is CCN1C[C@H](CN(C)c2ccc(S(=O)(=O)C(F)F)cc2)Oc2ccccc21. The molecule has 0 bridgehead atoms. The molecule has 1 heterocycles. The fourth-order valence-electron chi connectivity index (χ4n) is 3.18. The molecule has 1 atom stereocenters. The van der Waals surface area contributed by atoms with Crippen LogP contribution >= 0.6 is 0 Å². The minimum absolute atomic E-state index is 0.0747. The number of nitrogens with zero attached hydrogens (tertiary/aromatic N) is 2. The van der Waals surface area contributed by atoms with E-state index in [4.69, 9.17) is 4.74 Å². The van der Waals surface area contributed by atoms with Crippen LogP contribution in [0.5, 0.6) is 5.75 Å². The van der Waals surface area contributed by atoms with Crippen LogP contribution in [0, 0.1) is 0 Å². The van der Waals surface area contributed by atoms with E-state index in [-0.39, 0.29) is 11.0 Å². The molecule has 3 rings (SSSR count). The molecule has 0 amide bonds. The van der Waals surface area contributed by atoms with Crippen molar-refractivity contribution in [1.82, 2.24) is 0 Å². The second-order valence-corrected chi connectivity index (χ2v) is 8.34. The number of halogens is 2. The first-order valence-electron chi connectivity index (χ1n) is 8.66. The molecule has 2 aromatic rings. The first kappa shape index (κ1) is 19.4. The van der Waals surface area contributed by atoms with E-state index >= 15 is 0 Å². The molecule has 146 valence electrons. The number of para-hydroxylation sites is 2. The van der Waals surface area contributed by atoms with E-state index < -0.39 is 15.6 Å². The number of ether oxygens (including phenoxy) is 1. The summed E-state index contributed by atoms with van der Waals surface area (Å²) in [6, 6.07) is 13.4. The van der Waals surface area contributed by atoms with Gasteiger partial charge in [-0.15, -0.1) is 0 Å². The van der Waals surface area contributed by atoms with Gasteiger partial charge in [0.15, 0.2) is 0 Å². The van der Waals surface area contributed by atoms with Crippen LogP contribution in [0.15, 0.2) is 53.4 Å². The van der Waals surface area contributed by atoms with Gasteiger partial charge in [0.2, 0.25) is 9.84 Å². The maximum atomic E-state index is 12.6. The van der Waals surface area contributed by atoms with Crippen molar-refractivity contribution < 1.29 is 21.9 Å². The van der Waals surface area contributed by atoms with E-state index in [1.54, 1.807) is 0 Å². The summed E-state index contributed by atoms with van der Waals surface area (Å²) in [4.78, 5) is 3.79. The molecular weight excluding hydrogens is 374 g/mol. The minimum atomic E-state index is -4.57. The number of likely N-dealkylation sites (N-methyl/N-ethyl adjacent to an activating group) is 2. The van der Waals surface area contributed by atoms with Crippen LogP contribution in [-0.2, 0) is 9.84 Å². The first-order chi connectivity index (χ1) is 12.8. The van der Waals surface area contributed by atoms with Crippen LogP contribution in [0.2, 0.25) is 0 Å². The fourth-order valence-corrected chi connectivity index (χ4v) is 3.90. The molecule has 1 aliphatic heterocycles. The Morgan fingerprint density at radius 1 is 1.19 bits per heavy atom. The predicted molar refractivity (Wildman–Crippen MR) is 102 cm³/mol. The maximum Gasteiger partial charge on any atom is 0.341 e. The van der Waals surface area contributed by atoms with Gasteiger partial charge in [-0.3, -0.25) is 0 Å². The monoisotopic (exact) mass is 396 g/mol. The number of anilines is 2. The number of benzene rings is 2. The van der Waals surface area contributed by atoms with E-state index in [9.17, 15) is 17.2 Å². The molecule has 0 aliphatic carbocycles. The summed E-state index contributed by atoms with van der Waals surface area (Å²) in [6.45, 7) is 4.26. The lowest BCUT2D eigenvalue weighted by molar-refractivity contribution is 0.200. The van der Waals surface area contributed by atoms with Gasteiger partial charge in [-0.1, -0.05) is 12.1 Å². The molecule has 0 unspecified atom stereocenters. The van der Waals surface area contributed by atoms with Crippen LogP contribution in [0.1, 0.15) is 6.92 Å². The van der Waals surface area contributed by atoms with Gasteiger partial charge in [0.1, 0.15) is 11.9 Å². The van der Waals surface area contributed by atoms with Crippen molar-refractivity contribution in [1.29, 1.82) is 0 Å². The molecule has 0 saturated carbocycles. The number of hydrogen-bond donors (Lipinski definition) is 0. The normalized spacial score (nSPS) is 16.8. The Labute approximate surface area is 158 Å². The topological polar surface area (TPSA) is 49.9 Å². The van der Waals surface area contributed by atoms with Crippen molar-refractivity contribution in [3.05, 3.63) is 48.5 Å². The number of rotatable bonds is 6. The molecule has 0 aromatic heterocycles. The summed E-state index contributed by atoms with van der Waals surface area (Å²) in [7, 11) is -2.72. The first-order valence-corrected chi connectivity index (χ1v) is 10.2. The number of sulfone groups is 1. The average Bonchev–Trinajstić information content (AvgIpc) is 2.67. The highest BCUT2D eigenvalue weighted by molar-refractivity contribution is 7.91. The summed E-state index contributed by atoms with van der Waals surface area (Å²) < 4.78 is 54.4. The summed E-state index contributed by atoms with van der Waals surface area (Å²) in [6.07, 6.45) is -0.0747. The lowest BCUT2D eigenvalue weighted by Gasteiger charge is -2.37. The molecule has 0 saturated heterocycles. The molecule has 2 aromatic carbocycles. The average molecular weight is 396 g/mol. The second-order valence-electron chi connectivity index (χ2n) is 6.43. The van der Waals surface area contributed by atoms with Crippen LogP contribution < -0.4 is 14.5 Å². The van der Waals surface area contributed by atoms with E-state index in [0.717, 1.165) is 30.2 Å². The van der Waals surface area contributed by atoms with Crippen LogP contribution in [0.25, 0.3) is 0 Å². The van der Waals surface area contributed by atoms with Gasteiger partial charge < -0.3 is 14.5 Å². The van der Waals surface area contributed by atoms with Gasteiger partial charge in [0, 0.05) is 19.3 Å². The zero-order chi connectivity index (χ0) is 19.6. The third-order valence-corrected chi connectivity index (χ3v) is 6.02. The van der Waals surface area contributed by atoms with Crippen LogP contribution in [0.3, 0.4) is 0 Å². The van der Waals surface area contributed by atoms with E-state index in [2.05, 4.69) is 11.8 Å². The van der Waals surface area contributed by atoms with Crippen LogP contribution in [-0.4, -0.2) is 47.0 Å². The van der Waals surface area contributed by atoms with Crippen molar-refractivity contribution >= 4 is 21.2 Å². The third-order valence-electron chi connectivity index (χ3n) is 4.62. The van der Waals surface area contributed by atoms with Crippen molar-refractivity contribution in [2.45, 2.75) is 23.7 Å². The zero-order valence-electron chi connectivity index (χ0n) is 15.2. The van der Waals surface area contributed by atoms with Crippen molar-refractivity contribution in [3.8, 4) is 5.75 Å². The van der Waals surface area contributed by atoms with E-state index in [0.29, 0.717) is 6.54 Å². The van der Waals surface area contributed by atoms with Gasteiger partial charge in [-0.25, -0.2) is 8.42 Å². The Morgan fingerprint density at radius 3 is 2.48 bits per heavy atom. The zero-order valence-corrected chi connectivity index (χ0v) is 16.0. The standard InChI is InChI=1S/C19H22F2N2O3S/c1-3-23-13-15(26-18-7-5-4-6-17(18)23)12-22(2)14-8-10-16(11-9-14)27(24,25)19(20)21/h4-11,15,19H,3,12-13H2,1-2H3/t15-/m0/s1. The summed E-state index contributed by atoms with van der Waals surface area (Å²) in [5.41, 5.74) is 1.80. The number of alkyl halides is 2. The number of hydrogen-bond acceptors (Lipinski definition) is 5. The van der Waals surface area contributed by atoms with Crippen LogP contribution in [0.4, 0.5) is 20.2 Å². The quantitative estimate of drug-likeness (QED) is 0.749. The molecule has 5 nitrogen and oxygen atoms in total. The largest absolute Gasteiger partial charge is 0.485 e. The van der Waals surface area contributed by atoms with Gasteiger partial charge in [-0.05, 0) is 43.3 Å². The Kier molecular flexibility index (Phi) is 5.55. The Hall–Kier alpha value is -2.35. The maximum absolute atomic E-state index is 12.6. The highest BCUT2D eigenvalue weighted by atomic mass is 32.2. The molecule has 0 N–H and O–H groups in total. The summed E-state index contributed by atoms with van der Waals surface area (Å²) in [5.74, 6) is -2.58. The lowest BCUT2D eigenvalue weighted by Crippen LogP contribution is -2.45. The molecule has 8 heteroatoms. The predicted octanol–water partition coefficient (Wildman–Crippen LogP) is 3.41. The van der Waals surface area contributed by atoms with E-state index in [1.807, 2.05) is 36.2 Å². The fraction of sp³-hybridized carbons (Fsp3) is 0.368. The van der Waals surface area contributed by atoms with E-state index in [1.165, 1.54) is 24.3 Å². The molecule has 0 spiro atoms. The van der Waals surface area contributed by atoms with Gasteiger partial charge in [0.05, 0.1) is 23.7 Å². The van der Waals surface area contributed by atoms with Gasteiger partial charge in [-0.2, -0.15) is 8.78 Å². The lowest BCUT2D eigenvalue weighted by atomic mass is 10.1. The van der Waals surface area contributed by atoms with Crippen molar-refractivity contribution in [2.24, 2.45) is 0 Å². The smallest absolute Gasteiger partial charge is 0.341 e. The molecular formula is C19H22F2N2O3S. The van der Waals surface area contributed by atoms with Crippen molar-refractivity contribution in [3.63, 3.8) is 0 Å². The van der Waals surface area contributed by atoms with Gasteiger partial charge >= 0.3 is 5.76 Å². The molecule has 0 fully saturated rings. The third kappa shape index (κ3) is 4.00. The Bertz CT molecular complexity index is 888. The Morgan fingerprint density at radius 2 is 1.85 bits per heavy atom. The molecule has 0 radical (unpaired) electrons.